The van der Waals surface area contributed by atoms with E-state index in [1.807, 2.05) is 13.8 Å². The van der Waals surface area contributed by atoms with E-state index in [0.29, 0.717) is 28.5 Å². The zero-order chi connectivity index (χ0) is 17.6. The standard InChI is InChI=1S/C15H20N4O3S2/c1-8-11(4)23-15(16-8)17-14(20)13-9(2)18-19(10(13)3)12-5-6-24(21,22)7-12/h12H,5-7H2,1-4H3,(H,16,17,20)/t12-/m1/s1. The van der Waals surface area contributed by atoms with Gasteiger partial charge in [-0.15, -0.1) is 11.3 Å². The average Bonchev–Trinajstić information content (AvgIpc) is 3.07. The van der Waals surface area contributed by atoms with Crippen LogP contribution in [0.4, 0.5) is 5.13 Å². The number of aryl methyl sites for hydroxylation is 3. The highest BCUT2D eigenvalue weighted by atomic mass is 32.2. The molecule has 0 aromatic carbocycles. The summed E-state index contributed by atoms with van der Waals surface area (Å²) in [6.07, 6.45) is 0.538. The predicted octanol–water partition coefficient (Wildman–Crippen LogP) is 2.19. The van der Waals surface area contributed by atoms with Gasteiger partial charge in [-0.2, -0.15) is 5.10 Å². The van der Waals surface area contributed by atoms with Gasteiger partial charge < -0.3 is 0 Å². The third-order valence-corrected chi connectivity index (χ3v) is 7.09. The number of rotatable bonds is 3. The van der Waals surface area contributed by atoms with E-state index in [-0.39, 0.29) is 23.5 Å². The van der Waals surface area contributed by atoms with Gasteiger partial charge in [0.05, 0.1) is 34.5 Å². The van der Waals surface area contributed by atoms with Crippen molar-refractivity contribution in [1.29, 1.82) is 0 Å². The van der Waals surface area contributed by atoms with Crippen LogP contribution in [0, 0.1) is 27.7 Å². The van der Waals surface area contributed by atoms with Crippen LogP contribution < -0.4 is 5.32 Å². The van der Waals surface area contributed by atoms with Crippen molar-refractivity contribution in [2.24, 2.45) is 0 Å². The number of nitrogens with one attached hydrogen (secondary N) is 1. The van der Waals surface area contributed by atoms with Crippen molar-refractivity contribution in [2.75, 3.05) is 16.8 Å². The van der Waals surface area contributed by atoms with Gasteiger partial charge in [0.25, 0.3) is 5.91 Å². The van der Waals surface area contributed by atoms with E-state index in [1.54, 1.807) is 18.5 Å². The Hall–Kier alpha value is -1.74. The first-order chi connectivity index (χ1) is 11.2. The number of carbonyl (C=O) groups excluding carboxylic acids is 1. The maximum absolute atomic E-state index is 12.6. The third kappa shape index (κ3) is 3.10. The zero-order valence-corrected chi connectivity index (χ0v) is 15.7. The van der Waals surface area contributed by atoms with Crippen LogP contribution in [-0.4, -0.2) is 40.6 Å². The summed E-state index contributed by atoms with van der Waals surface area (Å²) in [5.74, 6) is 0.00155. The lowest BCUT2D eigenvalue weighted by atomic mass is 10.1. The van der Waals surface area contributed by atoms with Crippen molar-refractivity contribution < 1.29 is 13.2 Å². The number of hydrogen-bond donors (Lipinski definition) is 1. The first-order valence-electron chi connectivity index (χ1n) is 7.69. The lowest BCUT2D eigenvalue weighted by Gasteiger charge is -2.11. The van der Waals surface area contributed by atoms with Crippen LogP contribution in [0.3, 0.4) is 0 Å². The fourth-order valence-electron chi connectivity index (χ4n) is 3.00. The predicted molar refractivity (Wildman–Crippen MR) is 93.6 cm³/mol. The summed E-state index contributed by atoms with van der Waals surface area (Å²) < 4.78 is 25.1. The van der Waals surface area contributed by atoms with E-state index >= 15 is 0 Å². The molecule has 1 amide bonds. The molecular weight excluding hydrogens is 348 g/mol. The van der Waals surface area contributed by atoms with Gasteiger partial charge in [0.1, 0.15) is 0 Å². The average molecular weight is 368 g/mol. The Morgan fingerprint density at radius 2 is 1.96 bits per heavy atom. The Bertz CT molecular complexity index is 892. The van der Waals surface area contributed by atoms with E-state index in [4.69, 9.17) is 0 Å². The molecule has 0 bridgehead atoms. The van der Waals surface area contributed by atoms with Crippen LogP contribution in [0.15, 0.2) is 0 Å². The summed E-state index contributed by atoms with van der Waals surface area (Å²) in [5.41, 5.74) is 2.68. The molecule has 9 heteroatoms. The molecule has 1 N–H and O–H groups in total. The van der Waals surface area contributed by atoms with Crippen LogP contribution in [0.1, 0.15) is 44.8 Å². The first kappa shape index (κ1) is 17.1. The highest BCUT2D eigenvalue weighted by molar-refractivity contribution is 7.91. The van der Waals surface area contributed by atoms with Gasteiger partial charge in [-0.3, -0.25) is 14.8 Å². The van der Waals surface area contributed by atoms with Gasteiger partial charge in [0.2, 0.25) is 0 Å². The van der Waals surface area contributed by atoms with Gasteiger partial charge in [-0.05, 0) is 34.1 Å². The molecular formula is C15H20N4O3S2. The fourth-order valence-corrected chi connectivity index (χ4v) is 5.50. The molecule has 0 aliphatic carbocycles. The largest absolute Gasteiger partial charge is 0.298 e. The Balaban J connectivity index is 1.87. The summed E-state index contributed by atoms with van der Waals surface area (Å²) in [6, 6.07) is -0.195. The number of aromatic nitrogens is 3. The number of thiazole rings is 1. The number of nitrogens with zero attached hydrogens (tertiary/aromatic N) is 3. The van der Waals surface area contributed by atoms with Crippen LogP contribution in [0.2, 0.25) is 0 Å². The van der Waals surface area contributed by atoms with Crippen LogP contribution in [-0.2, 0) is 9.84 Å². The second kappa shape index (κ2) is 5.96. The topological polar surface area (TPSA) is 93.9 Å². The molecule has 0 saturated carbocycles. The molecule has 0 spiro atoms. The minimum Gasteiger partial charge on any atom is -0.298 e. The quantitative estimate of drug-likeness (QED) is 0.896. The number of amides is 1. The lowest BCUT2D eigenvalue weighted by Crippen LogP contribution is -2.16. The molecule has 1 saturated heterocycles. The summed E-state index contributed by atoms with van der Waals surface area (Å²) in [6.45, 7) is 7.42. The summed E-state index contributed by atoms with van der Waals surface area (Å²) in [7, 11) is -3.00. The van der Waals surface area contributed by atoms with Gasteiger partial charge in [-0.25, -0.2) is 13.4 Å². The van der Waals surface area contributed by atoms with E-state index in [1.165, 1.54) is 11.3 Å². The van der Waals surface area contributed by atoms with Gasteiger partial charge in [-0.1, -0.05) is 0 Å². The fraction of sp³-hybridized carbons (Fsp3) is 0.533. The number of sulfone groups is 1. The van der Waals surface area contributed by atoms with Gasteiger partial charge in [0.15, 0.2) is 15.0 Å². The molecule has 2 aromatic heterocycles. The number of hydrogen-bond acceptors (Lipinski definition) is 6. The third-order valence-electron chi connectivity index (χ3n) is 4.36. The first-order valence-corrected chi connectivity index (χ1v) is 10.3. The molecule has 0 radical (unpaired) electrons. The number of anilines is 1. The van der Waals surface area contributed by atoms with Crippen molar-refractivity contribution in [3.63, 3.8) is 0 Å². The second-order valence-corrected chi connectivity index (χ2v) is 9.59. The SMILES string of the molecule is Cc1nc(NC(=O)c2c(C)nn([C@@H]3CCS(=O)(=O)C3)c2C)sc1C. The minimum atomic E-state index is -3.00. The molecule has 130 valence electrons. The summed E-state index contributed by atoms with van der Waals surface area (Å²) in [4.78, 5) is 18.0. The van der Waals surface area contributed by atoms with E-state index in [9.17, 15) is 13.2 Å². The normalized spacial score (nSPS) is 19.6. The molecule has 3 rings (SSSR count). The Morgan fingerprint density at radius 1 is 1.25 bits per heavy atom. The van der Waals surface area contributed by atoms with Gasteiger partial charge >= 0.3 is 0 Å². The van der Waals surface area contributed by atoms with Crippen molar-refractivity contribution in [3.05, 3.63) is 27.5 Å². The van der Waals surface area contributed by atoms with Crippen LogP contribution in [0.5, 0.6) is 0 Å². The van der Waals surface area contributed by atoms with E-state index in [2.05, 4.69) is 15.4 Å². The Kier molecular flexibility index (Phi) is 4.25. The van der Waals surface area contributed by atoms with Crippen molar-refractivity contribution in [3.8, 4) is 0 Å². The zero-order valence-electron chi connectivity index (χ0n) is 14.1. The molecule has 1 fully saturated rings. The lowest BCUT2D eigenvalue weighted by molar-refractivity contribution is 0.102. The monoisotopic (exact) mass is 368 g/mol. The maximum Gasteiger partial charge on any atom is 0.261 e. The van der Waals surface area contributed by atoms with Crippen molar-refractivity contribution in [1.82, 2.24) is 14.8 Å². The second-order valence-electron chi connectivity index (χ2n) is 6.16. The maximum atomic E-state index is 12.6. The van der Waals surface area contributed by atoms with Crippen molar-refractivity contribution >= 4 is 32.2 Å². The summed E-state index contributed by atoms with van der Waals surface area (Å²) >= 11 is 1.43. The van der Waals surface area contributed by atoms with Crippen molar-refractivity contribution in [2.45, 2.75) is 40.2 Å². The van der Waals surface area contributed by atoms with E-state index in [0.717, 1.165) is 10.6 Å². The molecule has 24 heavy (non-hydrogen) atoms. The highest BCUT2D eigenvalue weighted by Gasteiger charge is 2.32. The molecule has 1 aliphatic rings. The molecule has 3 heterocycles. The molecule has 7 nitrogen and oxygen atoms in total. The summed E-state index contributed by atoms with van der Waals surface area (Å²) in [5, 5.41) is 7.80. The van der Waals surface area contributed by atoms with Gasteiger partial charge in [0, 0.05) is 10.6 Å². The van der Waals surface area contributed by atoms with E-state index < -0.39 is 9.84 Å². The minimum absolute atomic E-state index is 0.0842. The molecule has 1 atom stereocenters. The smallest absolute Gasteiger partial charge is 0.261 e. The molecule has 1 aliphatic heterocycles. The van der Waals surface area contributed by atoms with Crippen LogP contribution in [0.25, 0.3) is 0 Å². The highest BCUT2D eigenvalue weighted by Crippen LogP contribution is 2.28. The Labute approximate surface area is 145 Å². The Morgan fingerprint density at radius 3 is 2.50 bits per heavy atom. The molecule has 0 unspecified atom stereocenters. The molecule has 2 aromatic rings. The van der Waals surface area contributed by atoms with Crippen LogP contribution >= 0.6 is 11.3 Å². The number of carbonyl (C=O) groups is 1.